The van der Waals surface area contributed by atoms with E-state index in [-0.39, 0.29) is 5.91 Å². The first kappa shape index (κ1) is 17.9. The van der Waals surface area contributed by atoms with Crippen LogP contribution in [0.4, 0.5) is 0 Å². The van der Waals surface area contributed by atoms with E-state index >= 15 is 0 Å². The highest BCUT2D eigenvalue weighted by atomic mass is 16.5. The quantitative estimate of drug-likeness (QED) is 0.706. The number of amides is 1. The van der Waals surface area contributed by atoms with Crippen molar-refractivity contribution in [3.63, 3.8) is 0 Å². The zero-order chi connectivity index (χ0) is 19.7. The molecule has 1 unspecified atom stereocenters. The molecule has 0 saturated carbocycles. The number of ether oxygens (including phenoxy) is 1. The lowest BCUT2D eigenvalue weighted by Gasteiger charge is -2.23. The Bertz CT molecular complexity index is 1040. The summed E-state index contributed by atoms with van der Waals surface area (Å²) < 4.78 is 7.05. The smallest absolute Gasteiger partial charge is 0.339 e. The molecule has 1 aromatic carbocycles. The number of benzene rings is 1. The van der Waals surface area contributed by atoms with E-state index in [9.17, 15) is 9.59 Å². The van der Waals surface area contributed by atoms with Crippen molar-refractivity contribution in [1.82, 2.24) is 20.1 Å². The number of hydrogen-bond acceptors (Lipinski definition) is 5. The van der Waals surface area contributed by atoms with Gasteiger partial charge in [-0.05, 0) is 43.2 Å². The van der Waals surface area contributed by atoms with Crippen LogP contribution in [0.3, 0.4) is 0 Å². The van der Waals surface area contributed by atoms with Gasteiger partial charge in [-0.25, -0.2) is 14.5 Å². The summed E-state index contributed by atoms with van der Waals surface area (Å²) in [6, 6.07) is 12.9. The van der Waals surface area contributed by atoms with Gasteiger partial charge >= 0.3 is 5.97 Å². The molecule has 1 amide bonds. The second-order valence-electron chi connectivity index (χ2n) is 6.84. The van der Waals surface area contributed by atoms with Crippen LogP contribution >= 0.6 is 0 Å². The number of aromatic nitrogens is 3. The Balaban J connectivity index is 1.39. The first-order chi connectivity index (χ1) is 13.5. The van der Waals surface area contributed by atoms with Crippen LogP contribution in [0.2, 0.25) is 0 Å². The zero-order valence-corrected chi connectivity index (χ0v) is 15.7. The summed E-state index contributed by atoms with van der Waals surface area (Å²) in [5.41, 5.74) is 4.14. The van der Waals surface area contributed by atoms with E-state index in [0.717, 1.165) is 28.3 Å². The van der Waals surface area contributed by atoms with Crippen molar-refractivity contribution in [1.29, 1.82) is 0 Å². The van der Waals surface area contributed by atoms with Crippen LogP contribution in [-0.2, 0) is 22.5 Å². The van der Waals surface area contributed by atoms with E-state index in [4.69, 9.17) is 4.74 Å². The van der Waals surface area contributed by atoms with Crippen LogP contribution < -0.4 is 5.32 Å². The van der Waals surface area contributed by atoms with Gasteiger partial charge in [-0.3, -0.25) is 4.79 Å². The van der Waals surface area contributed by atoms with Gasteiger partial charge < -0.3 is 10.1 Å². The second kappa shape index (κ2) is 7.26. The van der Waals surface area contributed by atoms with Gasteiger partial charge in [0.05, 0.1) is 11.3 Å². The summed E-state index contributed by atoms with van der Waals surface area (Å²) in [7, 11) is 0. The molecule has 0 aliphatic carbocycles. The van der Waals surface area contributed by atoms with Gasteiger partial charge in [-0.1, -0.05) is 24.3 Å². The lowest BCUT2D eigenvalue weighted by atomic mass is 9.98. The van der Waals surface area contributed by atoms with Crippen molar-refractivity contribution in [2.45, 2.75) is 32.9 Å². The fourth-order valence-electron chi connectivity index (χ4n) is 3.29. The maximum absolute atomic E-state index is 12.4. The number of nitrogens with zero attached hydrogens (tertiary/aromatic N) is 3. The van der Waals surface area contributed by atoms with Gasteiger partial charge in [0.2, 0.25) is 0 Å². The maximum atomic E-state index is 12.4. The number of hydrogen-bond donors (Lipinski definition) is 1. The molecule has 7 nitrogen and oxygen atoms in total. The normalized spacial score (nSPS) is 15.6. The Morgan fingerprint density at radius 3 is 2.79 bits per heavy atom. The number of nitrogens with one attached hydrogen (secondary N) is 1. The molecule has 3 aromatic rings. The molecule has 0 bridgehead atoms. The van der Waals surface area contributed by atoms with Crippen LogP contribution in [0.15, 0.2) is 48.7 Å². The van der Waals surface area contributed by atoms with Crippen molar-refractivity contribution < 1.29 is 14.3 Å². The standard InChI is InChI=1S/C21H20N4O3/c1-13-9-14(2)25(24-13)19-8-7-15(11-22-19)12-23-20(26)18-10-16-5-3-4-6-17(16)21(27)28-18/h3-9,11,18H,10,12H2,1-2H3,(H,23,26). The van der Waals surface area contributed by atoms with E-state index < -0.39 is 12.1 Å². The second-order valence-corrected chi connectivity index (χ2v) is 6.84. The topological polar surface area (TPSA) is 86.1 Å². The Hall–Kier alpha value is -3.48. The highest BCUT2D eigenvalue weighted by Crippen LogP contribution is 2.20. The van der Waals surface area contributed by atoms with E-state index in [1.54, 1.807) is 23.0 Å². The minimum absolute atomic E-state index is 0.304. The predicted octanol–water partition coefficient (Wildman–Crippen LogP) is 2.28. The van der Waals surface area contributed by atoms with Gasteiger partial charge in [-0.15, -0.1) is 0 Å². The highest BCUT2D eigenvalue weighted by molar-refractivity contribution is 5.95. The van der Waals surface area contributed by atoms with Crippen molar-refractivity contribution in [3.8, 4) is 5.82 Å². The fourth-order valence-corrected chi connectivity index (χ4v) is 3.29. The zero-order valence-electron chi connectivity index (χ0n) is 15.7. The van der Waals surface area contributed by atoms with Crippen molar-refractivity contribution in [2.75, 3.05) is 0 Å². The molecule has 0 fully saturated rings. The third-order valence-corrected chi connectivity index (χ3v) is 4.69. The fraction of sp³-hybridized carbons (Fsp3) is 0.238. The molecule has 2 aromatic heterocycles. The number of esters is 1. The lowest BCUT2D eigenvalue weighted by molar-refractivity contribution is -0.130. The number of pyridine rings is 1. The summed E-state index contributed by atoms with van der Waals surface area (Å²) in [6.45, 7) is 4.21. The minimum Gasteiger partial charge on any atom is -0.448 e. The largest absolute Gasteiger partial charge is 0.448 e. The third-order valence-electron chi connectivity index (χ3n) is 4.69. The van der Waals surface area contributed by atoms with Gasteiger partial charge in [-0.2, -0.15) is 5.10 Å². The molecule has 3 heterocycles. The third kappa shape index (κ3) is 3.51. The lowest BCUT2D eigenvalue weighted by Crippen LogP contribution is -2.41. The van der Waals surface area contributed by atoms with Gasteiger partial charge in [0.1, 0.15) is 0 Å². The molecule has 4 rings (SSSR count). The molecule has 0 spiro atoms. The number of fused-ring (bicyclic) bond motifs is 1. The van der Waals surface area contributed by atoms with Crippen LogP contribution in [0, 0.1) is 13.8 Å². The summed E-state index contributed by atoms with van der Waals surface area (Å²) >= 11 is 0. The predicted molar refractivity (Wildman–Crippen MR) is 102 cm³/mol. The van der Waals surface area contributed by atoms with Crippen molar-refractivity contribution in [3.05, 3.63) is 76.7 Å². The SMILES string of the molecule is Cc1cc(C)n(-c2ccc(CNC(=O)C3Cc4ccccc4C(=O)O3)cn2)n1. The average molecular weight is 376 g/mol. The van der Waals surface area contributed by atoms with Gasteiger partial charge in [0.15, 0.2) is 11.9 Å². The van der Waals surface area contributed by atoms with E-state index in [1.807, 2.05) is 44.2 Å². The van der Waals surface area contributed by atoms with Gasteiger partial charge in [0.25, 0.3) is 5.91 Å². The summed E-state index contributed by atoms with van der Waals surface area (Å²) in [6.07, 6.45) is 1.27. The van der Waals surface area contributed by atoms with Crippen molar-refractivity contribution in [2.24, 2.45) is 0 Å². The molecule has 7 heteroatoms. The Morgan fingerprint density at radius 1 is 1.25 bits per heavy atom. The molecule has 1 N–H and O–H groups in total. The number of aryl methyl sites for hydroxylation is 2. The summed E-state index contributed by atoms with van der Waals surface area (Å²) in [5.74, 6) is -0.0538. The maximum Gasteiger partial charge on any atom is 0.339 e. The molecule has 1 atom stereocenters. The molecule has 1 aliphatic rings. The van der Waals surface area contributed by atoms with Crippen LogP contribution in [0.5, 0.6) is 0 Å². The first-order valence-electron chi connectivity index (χ1n) is 9.06. The Labute approximate surface area is 162 Å². The summed E-state index contributed by atoms with van der Waals surface area (Å²) in [4.78, 5) is 28.9. The van der Waals surface area contributed by atoms with Crippen LogP contribution in [0.1, 0.15) is 32.9 Å². The van der Waals surface area contributed by atoms with Crippen LogP contribution in [-0.4, -0.2) is 32.7 Å². The van der Waals surface area contributed by atoms with E-state index in [2.05, 4.69) is 15.4 Å². The molecule has 0 saturated heterocycles. The molecule has 28 heavy (non-hydrogen) atoms. The Kier molecular flexibility index (Phi) is 4.65. The van der Waals surface area contributed by atoms with Crippen LogP contribution in [0.25, 0.3) is 5.82 Å². The Morgan fingerprint density at radius 2 is 2.07 bits per heavy atom. The number of carbonyl (C=O) groups excluding carboxylic acids is 2. The number of cyclic esters (lactones) is 1. The molecule has 0 radical (unpaired) electrons. The molecular formula is C21H20N4O3. The molecular weight excluding hydrogens is 356 g/mol. The summed E-state index contributed by atoms with van der Waals surface area (Å²) in [5, 5.41) is 7.22. The monoisotopic (exact) mass is 376 g/mol. The first-order valence-corrected chi connectivity index (χ1v) is 9.06. The van der Waals surface area contributed by atoms with Crippen molar-refractivity contribution >= 4 is 11.9 Å². The molecule has 142 valence electrons. The van der Waals surface area contributed by atoms with E-state index in [1.165, 1.54) is 0 Å². The average Bonchev–Trinajstić information content (AvgIpc) is 3.04. The highest BCUT2D eigenvalue weighted by Gasteiger charge is 2.30. The number of carbonyl (C=O) groups is 2. The molecule has 1 aliphatic heterocycles. The van der Waals surface area contributed by atoms with E-state index in [0.29, 0.717) is 18.5 Å². The van der Waals surface area contributed by atoms with Gasteiger partial charge in [0, 0.05) is 24.9 Å². The minimum atomic E-state index is -0.815. The number of rotatable bonds is 4.